The van der Waals surface area contributed by atoms with E-state index in [0.717, 1.165) is 37.2 Å². The van der Waals surface area contributed by atoms with Gasteiger partial charge in [-0.15, -0.1) is 12.4 Å². The van der Waals surface area contributed by atoms with Gasteiger partial charge < -0.3 is 19.7 Å². The van der Waals surface area contributed by atoms with Crippen molar-refractivity contribution < 1.29 is 14.3 Å². The minimum Gasteiger partial charge on any atom is -0.494 e. The van der Waals surface area contributed by atoms with Crippen LogP contribution in [-0.2, 0) is 13.0 Å². The van der Waals surface area contributed by atoms with E-state index in [2.05, 4.69) is 53.7 Å². The molecule has 0 atom stereocenters. The zero-order chi connectivity index (χ0) is 21.9. The van der Waals surface area contributed by atoms with Gasteiger partial charge in [-0.1, -0.05) is 54.6 Å². The average molecular weight is 455 g/mol. The second kappa shape index (κ2) is 13.4. The fourth-order valence-electron chi connectivity index (χ4n) is 3.36. The van der Waals surface area contributed by atoms with Crippen molar-refractivity contribution in [2.24, 2.45) is 0 Å². The third kappa shape index (κ3) is 8.61. The van der Waals surface area contributed by atoms with Crippen molar-refractivity contribution in [3.05, 3.63) is 95.6 Å². The zero-order valence-electron chi connectivity index (χ0n) is 18.6. The Morgan fingerprint density at radius 3 is 2.28 bits per heavy atom. The fraction of sp³-hybridized carbons (Fsp3) is 0.269. The molecular formula is C26H31ClN2O3. The van der Waals surface area contributed by atoms with Crippen LogP contribution in [0.1, 0.15) is 23.1 Å². The first-order valence-corrected chi connectivity index (χ1v) is 10.5. The van der Waals surface area contributed by atoms with Gasteiger partial charge in [0.1, 0.15) is 11.5 Å². The minimum atomic E-state index is -0.463. The molecule has 170 valence electrons. The summed E-state index contributed by atoms with van der Waals surface area (Å²) in [6.07, 6.45) is 1.37. The topological polar surface area (TPSA) is 50.8 Å². The Balaban J connectivity index is 0.00000363. The predicted molar refractivity (Wildman–Crippen MR) is 131 cm³/mol. The molecule has 0 fully saturated rings. The fourth-order valence-corrected chi connectivity index (χ4v) is 3.36. The number of benzene rings is 3. The van der Waals surface area contributed by atoms with Gasteiger partial charge >= 0.3 is 6.09 Å². The third-order valence-corrected chi connectivity index (χ3v) is 4.87. The molecule has 3 aromatic carbocycles. The van der Waals surface area contributed by atoms with Gasteiger partial charge in [0.2, 0.25) is 0 Å². The second-order valence-corrected chi connectivity index (χ2v) is 7.54. The predicted octanol–water partition coefficient (Wildman–Crippen LogP) is 5.32. The van der Waals surface area contributed by atoms with E-state index in [9.17, 15) is 4.79 Å². The maximum Gasteiger partial charge on any atom is 0.412 e. The first-order chi connectivity index (χ1) is 15.1. The zero-order valence-corrected chi connectivity index (χ0v) is 19.4. The molecule has 5 nitrogen and oxygen atoms in total. The lowest BCUT2D eigenvalue weighted by Gasteiger charge is -2.17. The molecule has 1 N–H and O–H groups in total. The van der Waals surface area contributed by atoms with Crippen molar-refractivity contribution in [1.82, 2.24) is 10.2 Å². The summed E-state index contributed by atoms with van der Waals surface area (Å²) in [6, 6.07) is 26.4. The smallest absolute Gasteiger partial charge is 0.412 e. The van der Waals surface area contributed by atoms with Gasteiger partial charge in [-0.3, -0.25) is 0 Å². The largest absolute Gasteiger partial charge is 0.494 e. The molecule has 0 aliphatic carbocycles. The van der Waals surface area contributed by atoms with Crippen LogP contribution in [0.4, 0.5) is 4.79 Å². The van der Waals surface area contributed by atoms with E-state index in [0.29, 0.717) is 12.4 Å². The Morgan fingerprint density at radius 1 is 0.875 bits per heavy atom. The number of carbonyl (C=O) groups is 1. The molecule has 0 aliphatic heterocycles. The van der Waals surface area contributed by atoms with Gasteiger partial charge in [0.25, 0.3) is 0 Å². The molecule has 0 unspecified atom stereocenters. The Hall–Kier alpha value is -3.02. The summed E-state index contributed by atoms with van der Waals surface area (Å²) in [5.74, 6) is 1.46. The second-order valence-electron chi connectivity index (χ2n) is 7.54. The van der Waals surface area contributed by atoms with E-state index in [4.69, 9.17) is 9.47 Å². The SMILES string of the molecule is CNC(=O)Oc1cccc(CN(C)CCCOc2cccc(Cc3ccccc3)c2)c1.Cl. The molecule has 0 bridgehead atoms. The number of halogens is 1. The van der Waals surface area contributed by atoms with Crippen molar-refractivity contribution in [2.45, 2.75) is 19.4 Å². The Morgan fingerprint density at radius 2 is 1.53 bits per heavy atom. The maximum atomic E-state index is 11.4. The summed E-state index contributed by atoms with van der Waals surface area (Å²) in [5.41, 5.74) is 3.64. The van der Waals surface area contributed by atoms with Gasteiger partial charge in [0, 0.05) is 20.1 Å². The summed E-state index contributed by atoms with van der Waals surface area (Å²) in [6.45, 7) is 2.35. The van der Waals surface area contributed by atoms with E-state index in [-0.39, 0.29) is 12.4 Å². The van der Waals surface area contributed by atoms with Crippen molar-refractivity contribution in [3.63, 3.8) is 0 Å². The number of nitrogens with one attached hydrogen (secondary N) is 1. The Kier molecular flexibility index (Phi) is 10.6. The first kappa shape index (κ1) is 25.2. The van der Waals surface area contributed by atoms with Crippen LogP contribution in [0.5, 0.6) is 11.5 Å². The molecule has 0 saturated heterocycles. The van der Waals surface area contributed by atoms with Crippen molar-refractivity contribution in [3.8, 4) is 11.5 Å². The lowest BCUT2D eigenvalue weighted by molar-refractivity contribution is 0.203. The van der Waals surface area contributed by atoms with Crippen LogP contribution in [0.3, 0.4) is 0 Å². The molecule has 0 aliphatic rings. The van der Waals surface area contributed by atoms with Crippen molar-refractivity contribution in [1.29, 1.82) is 0 Å². The minimum absolute atomic E-state index is 0. The maximum absolute atomic E-state index is 11.4. The van der Waals surface area contributed by atoms with Gasteiger partial charge in [0.15, 0.2) is 0 Å². The van der Waals surface area contributed by atoms with Gasteiger partial charge in [-0.05, 0) is 60.8 Å². The van der Waals surface area contributed by atoms with Crippen molar-refractivity contribution in [2.75, 3.05) is 27.2 Å². The lowest BCUT2D eigenvalue weighted by Crippen LogP contribution is -2.22. The number of rotatable bonds is 10. The highest BCUT2D eigenvalue weighted by atomic mass is 35.5. The molecule has 0 heterocycles. The molecule has 0 spiro atoms. The molecule has 3 aromatic rings. The van der Waals surface area contributed by atoms with Crippen LogP contribution in [-0.4, -0.2) is 38.2 Å². The van der Waals surface area contributed by atoms with Crippen molar-refractivity contribution >= 4 is 18.5 Å². The van der Waals surface area contributed by atoms with Crippen LogP contribution >= 0.6 is 12.4 Å². The van der Waals surface area contributed by atoms with Crippen LogP contribution in [0.2, 0.25) is 0 Å². The number of carbonyl (C=O) groups excluding carboxylic acids is 1. The monoisotopic (exact) mass is 454 g/mol. The molecule has 6 heteroatoms. The molecule has 1 amide bonds. The molecule has 0 saturated carbocycles. The molecule has 0 aromatic heterocycles. The Labute approximate surface area is 196 Å². The van der Waals surface area contributed by atoms with E-state index >= 15 is 0 Å². The number of hydrogen-bond acceptors (Lipinski definition) is 4. The summed E-state index contributed by atoms with van der Waals surface area (Å²) in [4.78, 5) is 13.6. The van der Waals surface area contributed by atoms with E-state index < -0.39 is 6.09 Å². The first-order valence-electron chi connectivity index (χ1n) is 10.5. The highest BCUT2D eigenvalue weighted by Crippen LogP contribution is 2.17. The van der Waals surface area contributed by atoms with Crippen LogP contribution < -0.4 is 14.8 Å². The normalized spacial score (nSPS) is 10.3. The van der Waals surface area contributed by atoms with Gasteiger partial charge in [-0.25, -0.2) is 4.79 Å². The summed E-state index contributed by atoms with van der Waals surface area (Å²) in [7, 11) is 3.62. The highest BCUT2D eigenvalue weighted by Gasteiger charge is 2.05. The average Bonchev–Trinajstić information content (AvgIpc) is 2.78. The molecular weight excluding hydrogens is 424 g/mol. The number of amides is 1. The molecule has 3 rings (SSSR count). The lowest BCUT2D eigenvalue weighted by atomic mass is 10.1. The Bertz CT molecular complexity index is 966. The number of ether oxygens (including phenoxy) is 2. The van der Waals surface area contributed by atoms with Gasteiger partial charge in [-0.2, -0.15) is 0 Å². The van der Waals surface area contributed by atoms with E-state index in [1.54, 1.807) is 13.1 Å². The van der Waals surface area contributed by atoms with E-state index in [1.165, 1.54) is 11.1 Å². The van der Waals surface area contributed by atoms with Gasteiger partial charge in [0.05, 0.1) is 6.61 Å². The van der Waals surface area contributed by atoms with Crippen LogP contribution in [0.25, 0.3) is 0 Å². The third-order valence-electron chi connectivity index (χ3n) is 4.87. The van der Waals surface area contributed by atoms with Crippen LogP contribution in [0, 0.1) is 0 Å². The highest BCUT2D eigenvalue weighted by molar-refractivity contribution is 5.85. The molecule has 0 radical (unpaired) electrons. The van der Waals surface area contributed by atoms with E-state index in [1.807, 2.05) is 36.4 Å². The summed E-state index contributed by atoms with van der Waals surface area (Å²) in [5, 5.41) is 2.45. The van der Waals surface area contributed by atoms with Crippen LogP contribution in [0.15, 0.2) is 78.9 Å². The number of hydrogen-bond donors (Lipinski definition) is 1. The summed E-state index contributed by atoms with van der Waals surface area (Å²) >= 11 is 0. The standard InChI is InChI=1S/C26H30N2O3.ClH/c1-27-26(29)31-25-14-7-12-23(19-25)20-28(2)15-8-16-30-24-13-6-11-22(18-24)17-21-9-4-3-5-10-21;/h3-7,9-14,18-19H,8,15-17,20H2,1-2H3,(H,27,29);1H. The summed E-state index contributed by atoms with van der Waals surface area (Å²) < 4.78 is 11.2. The number of nitrogens with zero attached hydrogens (tertiary/aromatic N) is 1. The quantitative estimate of drug-likeness (QED) is 0.421. The molecule has 32 heavy (non-hydrogen) atoms.